The monoisotopic (exact) mass is 231 g/mol. The Morgan fingerprint density at radius 2 is 2.00 bits per heavy atom. The fourth-order valence-corrected chi connectivity index (χ4v) is 1.40. The molecule has 0 bridgehead atoms. The molecule has 1 aromatic carbocycles. The van der Waals surface area contributed by atoms with E-state index in [0.717, 1.165) is 11.1 Å². The lowest BCUT2D eigenvalue weighted by molar-refractivity contribution is -0.125. The fourth-order valence-electron chi connectivity index (χ4n) is 1.40. The third-order valence-electron chi connectivity index (χ3n) is 2.51. The molecule has 90 valence electrons. The standard InChI is InChI=1S/C13H17N3O/c1-13(2,3)12(17)8-10-5-4-6-11(7-10)9-15-16-14/h4-7H,8-9H2,1-3H3. The first-order chi connectivity index (χ1) is 7.93. The zero-order valence-electron chi connectivity index (χ0n) is 10.5. The van der Waals surface area contributed by atoms with Crippen LogP contribution in [0.3, 0.4) is 0 Å². The lowest BCUT2D eigenvalue weighted by atomic mass is 9.87. The normalized spacial score (nSPS) is 10.8. The molecule has 0 aromatic heterocycles. The maximum absolute atomic E-state index is 11.9. The van der Waals surface area contributed by atoms with Gasteiger partial charge in [-0.05, 0) is 16.7 Å². The zero-order valence-corrected chi connectivity index (χ0v) is 10.5. The summed E-state index contributed by atoms with van der Waals surface area (Å²) in [5, 5.41) is 3.51. The SMILES string of the molecule is CC(C)(C)C(=O)Cc1cccc(CN=[N+]=[N-])c1. The minimum Gasteiger partial charge on any atom is -0.299 e. The van der Waals surface area contributed by atoms with Crippen LogP contribution >= 0.6 is 0 Å². The van der Waals surface area contributed by atoms with Gasteiger partial charge in [0.2, 0.25) is 0 Å². The second kappa shape index (κ2) is 5.51. The predicted molar refractivity (Wildman–Crippen MR) is 67.5 cm³/mol. The summed E-state index contributed by atoms with van der Waals surface area (Å²) in [6.07, 6.45) is 0.424. The van der Waals surface area contributed by atoms with Crippen molar-refractivity contribution < 1.29 is 4.79 Å². The van der Waals surface area contributed by atoms with Gasteiger partial charge in [0.15, 0.2) is 0 Å². The van der Waals surface area contributed by atoms with Gasteiger partial charge >= 0.3 is 0 Å². The van der Waals surface area contributed by atoms with Gasteiger partial charge in [0.1, 0.15) is 5.78 Å². The number of carbonyl (C=O) groups excluding carboxylic acids is 1. The molecule has 0 saturated carbocycles. The van der Waals surface area contributed by atoms with E-state index < -0.39 is 0 Å². The average Bonchev–Trinajstić information content (AvgIpc) is 2.25. The molecule has 4 nitrogen and oxygen atoms in total. The molecule has 4 heteroatoms. The lowest BCUT2D eigenvalue weighted by Gasteiger charge is -2.16. The predicted octanol–water partition coefficient (Wildman–Crippen LogP) is 3.65. The number of hydrogen-bond acceptors (Lipinski definition) is 2. The first-order valence-electron chi connectivity index (χ1n) is 5.55. The van der Waals surface area contributed by atoms with Crippen molar-refractivity contribution in [3.8, 4) is 0 Å². The van der Waals surface area contributed by atoms with Gasteiger partial charge in [-0.25, -0.2) is 0 Å². The van der Waals surface area contributed by atoms with Gasteiger partial charge in [-0.1, -0.05) is 50.2 Å². The quantitative estimate of drug-likeness (QED) is 0.443. The van der Waals surface area contributed by atoms with Crippen molar-refractivity contribution in [1.82, 2.24) is 0 Å². The van der Waals surface area contributed by atoms with Crippen LogP contribution in [0, 0.1) is 5.41 Å². The number of ketones is 1. The van der Waals surface area contributed by atoms with Gasteiger partial charge in [0.05, 0.1) is 6.54 Å². The molecule has 0 unspecified atom stereocenters. The Morgan fingerprint density at radius 1 is 1.35 bits per heavy atom. The van der Waals surface area contributed by atoms with E-state index in [1.165, 1.54) is 0 Å². The molecule has 0 heterocycles. The van der Waals surface area contributed by atoms with Gasteiger partial charge in [-0.3, -0.25) is 4.79 Å². The van der Waals surface area contributed by atoms with Crippen molar-refractivity contribution in [2.45, 2.75) is 33.7 Å². The zero-order chi connectivity index (χ0) is 12.9. The molecule has 0 amide bonds. The number of carbonyl (C=O) groups is 1. The van der Waals surface area contributed by atoms with Crippen LogP contribution < -0.4 is 0 Å². The first-order valence-corrected chi connectivity index (χ1v) is 5.55. The molecule has 0 saturated heterocycles. The highest BCUT2D eigenvalue weighted by Gasteiger charge is 2.20. The van der Waals surface area contributed by atoms with Crippen LogP contribution in [0.1, 0.15) is 31.9 Å². The number of hydrogen-bond donors (Lipinski definition) is 0. The average molecular weight is 231 g/mol. The van der Waals surface area contributed by atoms with Crippen LogP contribution in [0.25, 0.3) is 10.4 Å². The Labute approximate surface area is 101 Å². The summed E-state index contributed by atoms with van der Waals surface area (Å²) >= 11 is 0. The molecule has 1 rings (SSSR count). The largest absolute Gasteiger partial charge is 0.299 e. The van der Waals surface area contributed by atoms with Crippen molar-refractivity contribution >= 4 is 5.78 Å². The van der Waals surface area contributed by atoms with E-state index in [4.69, 9.17) is 5.53 Å². The molecule has 0 N–H and O–H groups in total. The maximum Gasteiger partial charge on any atom is 0.142 e. The van der Waals surface area contributed by atoms with Crippen molar-refractivity contribution in [3.05, 3.63) is 45.8 Å². The summed E-state index contributed by atoms with van der Waals surface area (Å²) in [7, 11) is 0. The molecule has 0 atom stereocenters. The molecule has 0 radical (unpaired) electrons. The molecule has 17 heavy (non-hydrogen) atoms. The maximum atomic E-state index is 11.9. The summed E-state index contributed by atoms with van der Waals surface area (Å²) in [5.74, 6) is 0.207. The summed E-state index contributed by atoms with van der Waals surface area (Å²) in [6.45, 7) is 6.07. The van der Waals surface area contributed by atoms with Crippen LogP contribution in [-0.2, 0) is 17.8 Å². The molecule has 0 fully saturated rings. The molecule has 1 aromatic rings. The van der Waals surface area contributed by atoms with Crippen LogP contribution in [0.4, 0.5) is 0 Å². The van der Waals surface area contributed by atoms with Gasteiger partial charge in [0.25, 0.3) is 0 Å². The number of benzene rings is 1. The van der Waals surface area contributed by atoms with Crippen LogP contribution in [0.15, 0.2) is 29.4 Å². The smallest absolute Gasteiger partial charge is 0.142 e. The van der Waals surface area contributed by atoms with E-state index >= 15 is 0 Å². The highest BCUT2D eigenvalue weighted by atomic mass is 16.1. The fraction of sp³-hybridized carbons (Fsp3) is 0.462. The van der Waals surface area contributed by atoms with E-state index in [-0.39, 0.29) is 11.2 Å². The van der Waals surface area contributed by atoms with Crippen LogP contribution in [0.2, 0.25) is 0 Å². The number of Topliss-reactive ketones (excluding diaryl/α,β-unsaturated/α-hetero) is 1. The Balaban J connectivity index is 2.79. The van der Waals surface area contributed by atoms with Gasteiger partial charge in [-0.15, -0.1) is 0 Å². The molecule has 0 aliphatic carbocycles. The van der Waals surface area contributed by atoms with Gasteiger partial charge in [-0.2, -0.15) is 0 Å². The number of rotatable bonds is 4. The summed E-state index contributed by atoms with van der Waals surface area (Å²) < 4.78 is 0. The van der Waals surface area contributed by atoms with Crippen LogP contribution in [0.5, 0.6) is 0 Å². The van der Waals surface area contributed by atoms with Crippen molar-refractivity contribution in [1.29, 1.82) is 0 Å². The topological polar surface area (TPSA) is 65.8 Å². The molecular weight excluding hydrogens is 214 g/mol. The van der Waals surface area contributed by atoms with Crippen LogP contribution in [-0.4, -0.2) is 5.78 Å². The summed E-state index contributed by atoms with van der Waals surface area (Å²) in [4.78, 5) is 14.6. The molecular formula is C13H17N3O. The number of azide groups is 1. The third-order valence-corrected chi connectivity index (χ3v) is 2.51. The molecule has 0 spiro atoms. The Morgan fingerprint density at radius 3 is 2.59 bits per heavy atom. The minimum absolute atomic E-state index is 0.207. The second-order valence-corrected chi connectivity index (χ2v) is 5.06. The van der Waals surface area contributed by atoms with Crippen molar-refractivity contribution in [2.75, 3.05) is 0 Å². The van der Waals surface area contributed by atoms with E-state index in [2.05, 4.69) is 10.0 Å². The molecule has 0 aliphatic heterocycles. The third kappa shape index (κ3) is 4.29. The van der Waals surface area contributed by atoms with E-state index in [0.29, 0.717) is 13.0 Å². The Hall–Kier alpha value is -1.80. The van der Waals surface area contributed by atoms with Crippen molar-refractivity contribution in [3.63, 3.8) is 0 Å². The van der Waals surface area contributed by atoms with Gasteiger partial charge < -0.3 is 0 Å². The van der Waals surface area contributed by atoms with Crippen molar-refractivity contribution in [2.24, 2.45) is 10.5 Å². The first kappa shape index (κ1) is 13.3. The van der Waals surface area contributed by atoms with E-state index in [1.807, 2.05) is 45.0 Å². The Kier molecular flexibility index (Phi) is 4.30. The number of nitrogens with zero attached hydrogens (tertiary/aromatic N) is 3. The highest BCUT2D eigenvalue weighted by Crippen LogP contribution is 2.18. The summed E-state index contributed by atoms with van der Waals surface area (Å²) in [5.41, 5.74) is 9.84. The summed E-state index contributed by atoms with van der Waals surface area (Å²) in [6, 6.07) is 7.61. The highest BCUT2D eigenvalue weighted by molar-refractivity contribution is 5.85. The van der Waals surface area contributed by atoms with E-state index in [9.17, 15) is 4.79 Å². The minimum atomic E-state index is -0.319. The Bertz CT molecular complexity index is 454. The van der Waals surface area contributed by atoms with Gasteiger partial charge in [0, 0.05) is 16.7 Å². The molecule has 0 aliphatic rings. The lowest BCUT2D eigenvalue weighted by Crippen LogP contribution is -2.22. The van der Waals surface area contributed by atoms with E-state index in [1.54, 1.807) is 0 Å². The second-order valence-electron chi connectivity index (χ2n) is 5.06.